The molecular formula is C20H25NO2. The standard InChI is InChI=1S/C20H25NO2/c1-5-20(16-12-8-6-9-13-16,18(22)23-19(2,3)4)21-17-14-10-7-11-15-17/h6-15,21H,5H2,1-4H3. The van der Waals surface area contributed by atoms with Gasteiger partial charge in [-0.15, -0.1) is 0 Å². The summed E-state index contributed by atoms with van der Waals surface area (Å²) in [5.41, 5.74) is 0.352. The van der Waals surface area contributed by atoms with Crippen LogP contribution in [0.25, 0.3) is 0 Å². The number of hydrogen-bond acceptors (Lipinski definition) is 3. The van der Waals surface area contributed by atoms with Gasteiger partial charge in [0.1, 0.15) is 5.60 Å². The lowest BCUT2D eigenvalue weighted by molar-refractivity contribution is -0.161. The van der Waals surface area contributed by atoms with E-state index < -0.39 is 11.1 Å². The lowest BCUT2D eigenvalue weighted by atomic mass is 9.86. The van der Waals surface area contributed by atoms with Crippen LogP contribution in [0.2, 0.25) is 0 Å². The van der Waals surface area contributed by atoms with E-state index in [2.05, 4.69) is 5.32 Å². The molecule has 1 atom stereocenters. The molecule has 2 rings (SSSR count). The Hall–Kier alpha value is -2.29. The number of rotatable bonds is 5. The molecule has 0 heterocycles. The minimum Gasteiger partial charge on any atom is -0.458 e. The topological polar surface area (TPSA) is 38.3 Å². The minimum absolute atomic E-state index is 0.262. The van der Waals surface area contributed by atoms with Crippen LogP contribution in [-0.4, -0.2) is 11.6 Å². The zero-order chi connectivity index (χ0) is 16.9. The van der Waals surface area contributed by atoms with Gasteiger partial charge in [-0.2, -0.15) is 0 Å². The molecule has 0 radical (unpaired) electrons. The fourth-order valence-corrected chi connectivity index (χ4v) is 2.53. The summed E-state index contributed by atoms with van der Waals surface area (Å²) in [6, 6.07) is 19.5. The lowest BCUT2D eigenvalue weighted by Gasteiger charge is -2.35. The molecule has 0 aliphatic carbocycles. The maximum Gasteiger partial charge on any atom is 0.337 e. The Bertz CT molecular complexity index is 632. The predicted molar refractivity (Wildman–Crippen MR) is 94.3 cm³/mol. The maximum atomic E-state index is 13.0. The Labute approximate surface area is 138 Å². The van der Waals surface area contributed by atoms with Crippen molar-refractivity contribution in [3.05, 3.63) is 66.2 Å². The Balaban J connectivity index is 2.46. The average Bonchev–Trinajstić information content (AvgIpc) is 2.53. The van der Waals surface area contributed by atoms with Crippen molar-refractivity contribution in [1.29, 1.82) is 0 Å². The van der Waals surface area contributed by atoms with E-state index in [1.165, 1.54) is 0 Å². The van der Waals surface area contributed by atoms with E-state index in [0.717, 1.165) is 11.3 Å². The summed E-state index contributed by atoms with van der Waals surface area (Å²) in [6.45, 7) is 7.66. The van der Waals surface area contributed by atoms with Crippen molar-refractivity contribution in [3.8, 4) is 0 Å². The van der Waals surface area contributed by atoms with Crippen molar-refractivity contribution in [1.82, 2.24) is 0 Å². The third kappa shape index (κ3) is 4.13. The highest BCUT2D eigenvalue weighted by molar-refractivity contribution is 5.86. The number of benzene rings is 2. The smallest absolute Gasteiger partial charge is 0.337 e. The second kappa shape index (κ2) is 6.86. The van der Waals surface area contributed by atoms with Gasteiger partial charge in [-0.05, 0) is 44.9 Å². The number of anilines is 1. The van der Waals surface area contributed by atoms with Crippen LogP contribution in [0.3, 0.4) is 0 Å². The largest absolute Gasteiger partial charge is 0.458 e. The van der Waals surface area contributed by atoms with E-state index >= 15 is 0 Å². The Kier molecular flexibility index (Phi) is 5.09. The van der Waals surface area contributed by atoms with E-state index in [4.69, 9.17) is 4.74 Å². The number of nitrogens with one attached hydrogen (secondary N) is 1. The Morgan fingerprint density at radius 3 is 1.96 bits per heavy atom. The van der Waals surface area contributed by atoms with Gasteiger partial charge in [0.05, 0.1) is 0 Å². The van der Waals surface area contributed by atoms with Crippen LogP contribution in [0.4, 0.5) is 5.69 Å². The third-order valence-electron chi connectivity index (χ3n) is 3.68. The van der Waals surface area contributed by atoms with Gasteiger partial charge in [0, 0.05) is 5.69 Å². The number of carbonyl (C=O) groups is 1. The van der Waals surface area contributed by atoms with E-state index in [-0.39, 0.29) is 5.97 Å². The molecule has 1 N–H and O–H groups in total. The van der Waals surface area contributed by atoms with Crippen LogP contribution in [0, 0.1) is 0 Å². The van der Waals surface area contributed by atoms with E-state index in [1.54, 1.807) is 0 Å². The highest BCUT2D eigenvalue weighted by atomic mass is 16.6. The molecule has 0 aliphatic rings. The first-order chi connectivity index (χ1) is 10.9. The summed E-state index contributed by atoms with van der Waals surface area (Å²) in [7, 11) is 0. The van der Waals surface area contributed by atoms with Gasteiger partial charge in [-0.25, -0.2) is 4.79 Å². The first-order valence-electron chi connectivity index (χ1n) is 7.99. The fraction of sp³-hybridized carbons (Fsp3) is 0.350. The van der Waals surface area contributed by atoms with Gasteiger partial charge < -0.3 is 10.1 Å². The molecule has 3 nitrogen and oxygen atoms in total. The molecule has 0 bridgehead atoms. The van der Waals surface area contributed by atoms with Crippen molar-refractivity contribution in [2.45, 2.75) is 45.3 Å². The van der Waals surface area contributed by atoms with E-state index in [9.17, 15) is 4.79 Å². The number of carbonyl (C=O) groups excluding carboxylic acids is 1. The molecule has 0 saturated heterocycles. The van der Waals surface area contributed by atoms with Crippen molar-refractivity contribution in [2.24, 2.45) is 0 Å². The molecule has 0 saturated carbocycles. The number of para-hydroxylation sites is 1. The highest BCUT2D eigenvalue weighted by Gasteiger charge is 2.42. The molecule has 0 amide bonds. The van der Waals surface area contributed by atoms with Crippen LogP contribution >= 0.6 is 0 Å². The number of hydrogen-bond donors (Lipinski definition) is 1. The second-order valence-corrected chi connectivity index (χ2v) is 6.62. The van der Waals surface area contributed by atoms with Gasteiger partial charge in [-0.3, -0.25) is 0 Å². The molecule has 2 aromatic rings. The molecule has 1 unspecified atom stereocenters. The molecule has 0 aliphatic heterocycles. The zero-order valence-corrected chi connectivity index (χ0v) is 14.3. The Morgan fingerprint density at radius 1 is 0.957 bits per heavy atom. The van der Waals surface area contributed by atoms with Crippen molar-refractivity contribution < 1.29 is 9.53 Å². The van der Waals surface area contributed by atoms with Gasteiger partial charge >= 0.3 is 5.97 Å². The zero-order valence-electron chi connectivity index (χ0n) is 14.3. The van der Waals surface area contributed by atoms with Crippen LogP contribution in [-0.2, 0) is 15.1 Å². The van der Waals surface area contributed by atoms with Crippen molar-refractivity contribution in [2.75, 3.05) is 5.32 Å². The van der Waals surface area contributed by atoms with Crippen LogP contribution in [0.5, 0.6) is 0 Å². The predicted octanol–water partition coefficient (Wildman–Crippen LogP) is 4.75. The van der Waals surface area contributed by atoms with Crippen molar-refractivity contribution in [3.63, 3.8) is 0 Å². The van der Waals surface area contributed by atoms with Crippen LogP contribution in [0.1, 0.15) is 39.7 Å². The van der Waals surface area contributed by atoms with Gasteiger partial charge in [-0.1, -0.05) is 55.5 Å². The molecule has 122 valence electrons. The SMILES string of the molecule is CCC(Nc1ccccc1)(C(=O)OC(C)(C)C)c1ccccc1. The number of ether oxygens (including phenoxy) is 1. The van der Waals surface area contributed by atoms with Crippen molar-refractivity contribution >= 4 is 11.7 Å². The minimum atomic E-state index is -0.907. The third-order valence-corrected chi connectivity index (χ3v) is 3.68. The monoisotopic (exact) mass is 311 g/mol. The summed E-state index contributed by atoms with van der Waals surface area (Å²) in [4.78, 5) is 13.0. The quantitative estimate of drug-likeness (QED) is 0.810. The first kappa shape index (κ1) is 17.1. The summed E-state index contributed by atoms with van der Waals surface area (Å²) < 4.78 is 5.72. The molecule has 3 heteroatoms. The lowest BCUT2D eigenvalue weighted by Crippen LogP contribution is -2.46. The summed E-state index contributed by atoms with van der Waals surface area (Å²) in [5, 5.41) is 3.41. The highest BCUT2D eigenvalue weighted by Crippen LogP contribution is 2.32. The van der Waals surface area contributed by atoms with Gasteiger partial charge in [0.15, 0.2) is 5.54 Å². The van der Waals surface area contributed by atoms with E-state index in [1.807, 2.05) is 88.4 Å². The van der Waals surface area contributed by atoms with Crippen LogP contribution < -0.4 is 5.32 Å². The maximum absolute atomic E-state index is 13.0. The molecule has 0 fully saturated rings. The van der Waals surface area contributed by atoms with Crippen LogP contribution in [0.15, 0.2) is 60.7 Å². The second-order valence-electron chi connectivity index (χ2n) is 6.62. The normalized spacial score (nSPS) is 13.9. The van der Waals surface area contributed by atoms with Gasteiger partial charge in [0.2, 0.25) is 0 Å². The van der Waals surface area contributed by atoms with Gasteiger partial charge in [0.25, 0.3) is 0 Å². The Morgan fingerprint density at radius 2 is 1.48 bits per heavy atom. The summed E-state index contributed by atoms with van der Waals surface area (Å²) in [6.07, 6.45) is 0.584. The molecule has 2 aromatic carbocycles. The number of esters is 1. The molecular weight excluding hydrogens is 286 g/mol. The first-order valence-corrected chi connectivity index (χ1v) is 7.99. The molecule has 0 spiro atoms. The molecule has 0 aromatic heterocycles. The van der Waals surface area contributed by atoms with E-state index in [0.29, 0.717) is 6.42 Å². The average molecular weight is 311 g/mol. The summed E-state index contributed by atoms with van der Waals surface area (Å²) in [5.74, 6) is -0.262. The molecule has 23 heavy (non-hydrogen) atoms. The fourth-order valence-electron chi connectivity index (χ4n) is 2.53. The summed E-state index contributed by atoms with van der Waals surface area (Å²) >= 11 is 0.